The van der Waals surface area contributed by atoms with Crippen molar-refractivity contribution in [3.63, 3.8) is 0 Å². The van der Waals surface area contributed by atoms with Gasteiger partial charge in [0, 0.05) is 25.8 Å². The lowest BCUT2D eigenvalue weighted by molar-refractivity contribution is 0.108. The number of likely N-dealkylation sites (N-methyl/N-ethyl adjacent to an activating group) is 1. The molecule has 2 aliphatic rings. The van der Waals surface area contributed by atoms with E-state index < -0.39 is 0 Å². The first kappa shape index (κ1) is 12.6. The number of hydrogen-bond acceptors (Lipinski definition) is 6. The molecule has 6 heteroatoms. The van der Waals surface area contributed by atoms with E-state index in [4.69, 9.17) is 10.5 Å². The Labute approximate surface area is 113 Å². The summed E-state index contributed by atoms with van der Waals surface area (Å²) in [4.78, 5) is 10.9. The van der Waals surface area contributed by atoms with Crippen molar-refractivity contribution >= 4 is 11.8 Å². The van der Waals surface area contributed by atoms with Crippen LogP contribution in [0.2, 0.25) is 0 Å². The van der Waals surface area contributed by atoms with Crippen molar-refractivity contribution < 1.29 is 4.74 Å². The van der Waals surface area contributed by atoms with Gasteiger partial charge in [0.05, 0.1) is 17.3 Å². The monoisotopic (exact) mass is 263 g/mol. The minimum absolute atomic E-state index is 0.0843. The van der Waals surface area contributed by atoms with Crippen LogP contribution in [0.3, 0.4) is 0 Å². The number of rotatable bonds is 3. The highest BCUT2D eigenvalue weighted by Gasteiger charge is 2.38. The molecule has 6 nitrogen and oxygen atoms in total. The van der Waals surface area contributed by atoms with Crippen molar-refractivity contribution in [2.45, 2.75) is 31.4 Å². The summed E-state index contributed by atoms with van der Waals surface area (Å²) < 4.78 is 5.67. The third kappa shape index (κ3) is 2.37. The molecule has 0 radical (unpaired) electrons. The summed E-state index contributed by atoms with van der Waals surface area (Å²) in [6.45, 7) is 4.89. The van der Waals surface area contributed by atoms with Crippen molar-refractivity contribution in [1.82, 2.24) is 15.3 Å². The lowest BCUT2D eigenvalue weighted by Gasteiger charge is -2.48. The maximum absolute atomic E-state index is 5.82. The number of ether oxygens (including phenoxy) is 1. The van der Waals surface area contributed by atoms with Gasteiger partial charge in [-0.1, -0.05) is 0 Å². The molecule has 0 bridgehead atoms. The van der Waals surface area contributed by atoms with Gasteiger partial charge in [-0.05, 0) is 26.8 Å². The van der Waals surface area contributed by atoms with E-state index in [0.29, 0.717) is 5.95 Å². The van der Waals surface area contributed by atoms with Gasteiger partial charge in [-0.3, -0.25) is 0 Å². The van der Waals surface area contributed by atoms with Crippen LogP contribution in [0, 0.1) is 0 Å². The van der Waals surface area contributed by atoms with Crippen LogP contribution < -0.4 is 16.0 Å². The quantitative estimate of drug-likeness (QED) is 0.836. The van der Waals surface area contributed by atoms with Crippen LogP contribution in [0.25, 0.3) is 0 Å². The number of nitrogens with two attached hydrogens (primary N) is 1. The normalized spacial score (nSPS) is 25.4. The first-order valence-corrected chi connectivity index (χ1v) is 6.79. The van der Waals surface area contributed by atoms with E-state index >= 15 is 0 Å². The number of nitrogen functional groups attached to an aromatic ring is 1. The van der Waals surface area contributed by atoms with Crippen molar-refractivity contribution in [2.75, 3.05) is 37.4 Å². The molecule has 3 rings (SSSR count). The molecule has 0 spiro atoms. The van der Waals surface area contributed by atoms with Crippen molar-refractivity contribution in [1.29, 1.82) is 0 Å². The molecule has 2 aliphatic heterocycles. The van der Waals surface area contributed by atoms with E-state index in [-0.39, 0.29) is 11.6 Å². The fourth-order valence-electron chi connectivity index (χ4n) is 2.73. The Hall–Kier alpha value is -1.40. The SMILES string of the molecule is CNC1(C)CN(c2cc([C@@H]3CCCO3)nc(N)n2)C1. The number of nitrogens with one attached hydrogen (secondary N) is 1. The van der Waals surface area contributed by atoms with Crippen molar-refractivity contribution in [2.24, 2.45) is 0 Å². The summed E-state index contributed by atoms with van der Waals surface area (Å²) >= 11 is 0. The zero-order chi connectivity index (χ0) is 13.5. The number of nitrogens with zero attached hydrogens (tertiary/aromatic N) is 3. The molecular weight excluding hydrogens is 242 g/mol. The van der Waals surface area contributed by atoms with Crippen LogP contribution in [0.4, 0.5) is 11.8 Å². The van der Waals surface area contributed by atoms with E-state index in [0.717, 1.165) is 44.0 Å². The summed E-state index contributed by atoms with van der Waals surface area (Å²) in [5.41, 5.74) is 6.91. The smallest absolute Gasteiger partial charge is 0.222 e. The molecule has 0 aromatic carbocycles. The van der Waals surface area contributed by atoms with E-state index in [1.807, 2.05) is 13.1 Å². The van der Waals surface area contributed by atoms with Crippen LogP contribution in [0.1, 0.15) is 31.6 Å². The van der Waals surface area contributed by atoms with Gasteiger partial charge < -0.3 is 20.7 Å². The minimum Gasteiger partial charge on any atom is -0.372 e. The van der Waals surface area contributed by atoms with Crippen molar-refractivity contribution in [3.8, 4) is 0 Å². The topological polar surface area (TPSA) is 76.3 Å². The molecule has 1 aromatic heterocycles. The Morgan fingerprint density at radius 1 is 1.47 bits per heavy atom. The van der Waals surface area contributed by atoms with E-state index in [2.05, 4.69) is 27.1 Å². The maximum atomic E-state index is 5.82. The lowest BCUT2D eigenvalue weighted by atomic mass is 9.92. The summed E-state index contributed by atoms with van der Waals surface area (Å²) in [5.74, 6) is 1.24. The van der Waals surface area contributed by atoms with Crippen LogP contribution in [0.5, 0.6) is 0 Å². The Morgan fingerprint density at radius 2 is 2.26 bits per heavy atom. The molecule has 3 heterocycles. The zero-order valence-corrected chi connectivity index (χ0v) is 11.5. The summed E-state index contributed by atoms with van der Waals surface area (Å²) in [5, 5.41) is 3.32. The molecule has 2 saturated heterocycles. The van der Waals surface area contributed by atoms with Crippen LogP contribution in [0.15, 0.2) is 6.07 Å². The second-order valence-electron chi connectivity index (χ2n) is 5.68. The molecule has 0 aliphatic carbocycles. The third-order valence-electron chi connectivity index (χ3n) is 4.02. The highest BCUT2D eigenvalue weighted by atomic mass is 16.5. The summed E-state index contributed by atoms with van der Waals surface area (Å²) in [6, 6.07) is 2.02. The second kappa shape index (κ2) is 4.61. The standard InChI is InChI=1S/C13H21N5O/c1-13(15-2)7-18(8-13)11-6-9(16-12(14)17-11)10-4-3-5-19-10/h6,10,15H,3-5,7-8H2,1-2H3,(H2,14,16,17)/t10-/m0/s1. The van der Waals surface area contributed by atoms with Gasteiger partial charge in [-0.15, -0.1) is 0 Å². The zero-order valence-electron chi connectivity index (χ0n) is 11.5. The largest absolute Gasteiger partial charge is 0.372 e. The Kier molecular flexibility index (Phi) is 3.06. The van der Waals surface area contributed by atoms with Gasteiger partial charge in [0.2, 0.25) is 5.95 Å². The Bertz CT molecular complexity index is 466. The average molecular weight is 263 g/mol. The molecule has 0 unspecified atom stereocenters. The molecule has 0 saturated carbocycles. The van der Waals surface area contributed by atoms with E-state index in [1.54, 1.807) is 0 Å². The minimum atomic E-state index is 0.0843. The molecule has 0 amide bonds. The molecule has 2 fully saturated rings. The van der Waals surface area contributed by atoms with Crippen LogP contribution in [-0.4, -0.2) is 42.3 Å². The van der Waals surface area contributed by atoms with Crippen molar-refractivity contribution in [3.05, 3.63) is 11.8 Å². The van der Waals surface area contributed by atoms with Crippen LogP contribution in [-0.2, 0) is 4.74 Å². The number of aromatic nitrogens is 2. The Morgan fingerprint density at radius 3 is 2.89 bits per heavy atom. The van der Waals surface area contributed by atoms with Gasteiger partial charge in [-0.2, -0.15) is 4.98 Å². The molecular formula is C13H21N5O. The third-order valence-corrected chi connectivity index (χ3v) is 4.02. The van der Waals surface area contributed by atoms with Gasteiger partial charge in [0.15, 0.2) is 0 Å². The van der Waals surface area contributed by atoms with E-state index in [9.17, 15) is 0 Å². The fourth-order valence-corrected chi connectivity index (χ4v) is 2.73. The fraction of sp³-hybridized carbons (Fsp3) is 0.692. The first-order valence-electron chi connectivity index (χ1n) is 6.79. The van der Waals surface area contributed by atoms with Gasteiger partial charge in [0.1, 0.15) is 5.82 Å². The van der Waals surface area contributed by atoms with Gasteiger partial charge >= 0.3 is 0 Å². The van der Waals surface area contributed by atoms with E-state index in [1.165, 1.54) is 0 Å². The van der Waals surface area contributed by atoms with Gasteiger partial charge in [0.25, 0.3) is 0 Å². The first-order chi connectivity index (χ1) is 9.09. The predicted octanol–water partition coefficient (Wildman–Crippen LogP) is 0.708. The number of anilines is 2. The molecule has 3 N–H and O–H groups in total. The lowest BCUT2D eigenvalue weighted by Crippen LogP contribution is -2.67. The highest BCUT2D eigenvalue weighted by Crippen LogP contribution is 2.31. The maximum Gasteiger partial charge on any atom is 0.222 e. The summed E-state index contributed by atoms with van der Waals surface area (Å²) in [7, 11) is 1.99. The molecule has 1 atom stereocenters. The Balaban J connectivity index is 1.79. The van der Waals surface area contributed by atoms with Crippen LogP contribution >= 0.6 is 0 Å². The number of hydrogen-bond donors (Lipinski definition) is 2. The molecule has 1 aromatic rings. The molecule has 104 valence electrons. The highest BCUT2D eigenvalue weighted by molar-refractivity contribution is 5.48. The average Bonchev–Trinajstić information content (AvgIpc) is 2.88. The second-order valence-corrected chi connectivity index (χ2v) is 5.68. The molecule has 19 heavy (non-hydrogen) atoms. The van der Waals surface area contributed by atoms with Gasteiger partial charge in [-0.25, -0.2) is 4.98 Å². The summed E-state index contributed by atoms with van der Waals surface area (Å²) in [6.07, 6.45) is 2.19. The predicted molar refractivity (Wildman–Crippen MR) is 74.0 cm³/mol.